The van der Waals surface area contributed by atoms with Gasteiger partial charge in [0.1, 0.15) is 5.82 Å². The number of hydrogen-bond acceptors (Lipinski definition) is 2. The molecule has 0 saturated carbocycles. The lowest BCUT2D eigenvalue weighted by Gasteiger charge is -2.45. The monoisotopic (exact) mass is 234 g/mol. The number of aryl methyl sites for hydroxylation is 1. The third-order valence-corrected chi connectivity index (χ3v) is 3.96. The number of rotatable bonds is 2. The molecule has 1 aromatic rings. The van der Waals surface area contributed by atoms with Crippen molar-refractivity contribution in [1.29, 1.82) is 0 Å². The lowest BCUT2D eigenvalue weighted by molar-refractivity contribution is 0.204. The van der Waals surface area contributed by atoms with Crippen LogP contribution in [0.3, 0.4) is 0 Å². The summed E-state index contributed by atoms with van der Waals surface area (Å²) in [7, 11) is 0. The highest BCUT2D eigenvalue weighted by molar-refractivity contribution is 5.51. The van der Waals surface area contributed by atoms with E-state index in [4.69, 9.17) is 0 Å². The van der Waals surface area contributed by atoms with Crippen LogP contribution in [0.25, 0.3) is 0 Å². The van der Waals surface area contributed by atoms with Crippen molar-refractivity contribution in [2.45, 2.75) is 25.8 Å². The van der Waals surface area contributed by atoms with Crippen molar-refractivity contribution in [2.24, 2.45) is 0 Å². The molecule has 0 aliphatic carbocycles. The Morgan fingerprint density at radius 2 is 1.88 bits per heavy atom. The summed E-state index contributed by atoms with van der Waals surface area (Å²) in [6.45, 7) is 6.36. The maximum absolute atomic E-state index is 13.8. The van der Waals surface area contributed by atoms with E-state index in [9.17, 15) is 4.39 Å². The van der Waals surface area contributed by atoms with Crippen LogP contribution in [0.2, 0.25) is 0 Å². The SMILES string of the molecule is Cc1ccc(N2CC(N3CCCC3)C2)c(F)c1. The molecule has 0 spiro atoms. The molecule has 2 aliphatic rings. The van der Waals surface area contributed by atoms with E-state index in [1.807, 2.05) is 19.1 Å². The number of nitrogens with zero attached hydrogens (tertiary/aromatic N) is 2. The van der Waals surface area contributed by atoms with Crippen LogP contribution >= 0.6 is 0 Å². The minimum absolute atomic E-state index is 0.0788. The Balaban J connectivity index is 1.64. The zero-order chi connectivity index (χ0) is 11.8. The van der Waals surface area contributed by atoms with Gasteiger partial charge in [0.2, 0.25) is 0 Å². The number of hydrogen-bond donors (Lipinski definition) is 0. The summed E-state index contributed by atoms with van der Waals surface area (Å²) in [4.78, 5) is 4.69. The minimum atomic E-state index is -0.0788. The molecule has 1 aromatic carbocycles. The van der Waals surface area contributed by atoms with Gasteiger partial charge in [-0.1, -0.05) is 6.07 Å². The minimum Gasteiger partial charge on any atom is -0.366 e. The first-order valence-electron chi connectivity index (χ1n) is 6.49. The molecule has 0 N–H and O–H groups in total. The van der Waals surface area contributed by atoms with Gasteiger partial charge in [-0.25, -0.2) is 4.39 Å². The Labute approximate surface area is 102 Å². The van der Waals surface area contributed by atoms with Gasteiger partial charge in [-0.3, -0.25) is 4.90 Å². The molecular formula is C14H19FN2. The van der Waals surface area contributed by atoms with E-state index >= 15 is 0 Å². The van der Waals surface area contributed by atoms with Crippen LogP contribution in [0.4, 0.5) is 10.1 Å². The Hall–Kier alpha value is -1.09. The van der Waals surface area contributed by atoms with E-state index in [1.54, 1.807) is 6.07 Å². The molecule has 17 heavy (non-hydrogen) atoms. The lowest BCUT2D eigenvalue weighted by Crippen LogP contribution is -2.59. The van der Waals surface area contributed by atoms with Gasteiger partial charge in [-0.2, -0.15) is 0 Å². The fourth-order valence-electron chi connectivity index (χ4n) is 2.86. The van der Waals surface area contributed by atoms with Gasteiger partial charge < -0.3 is 4.90 Å². The second-order valence-corrected chi connectivity index (χ2v) is 5.26. The van der Waals surface area contributed by atoms with Crippen molar-refractivity contribution in [3.05, 3.63) is 29.6 Å². The zero-order valence-corrected chi connectivity index (χ0v) is 10.3. The zero-order valence-electron chi connectivity index (χ0n) is 10.3. The molecule has 2 aliphatic heterocycles. The molecule has 0 amide bonds. The van der Waals surface area contributed by atoms with E-state index in [-0.39, 0.29) is 5.82 Å². The quantitative estimate of drug-likeness (QED) is 0.775. The van der Waals surface area contributed by atoms with Crippen LogP contribution in [-0.2, 0) is 0 Å². The topological polar surface area (TPSA) is 6.48 Å². The molecule has 92 valence electrons. The smallest absolute Gasteiger partial charge is 0.146 e. The molecule has 2 saturated heterocycles. The Morgan fingerprint density at radius 1 is 1.18 bits per heavy atom. The fourth-order valence-corrected chi connectivity index (χ4v) is 2.86. The summed E-state index contributed by atoms with van der Waals surface area (Å²) in [6.07, 6.45) is 2.66. The number of anilines is 1. The lowest BCUT2D eigenvalue weighted by atomic mass is 10.1. The first kappa shape index (κ1) is 11.0. The molecule has 0 bridgehead atoms. The standard InChI is InChI=1S/C14H19FN2/c1-11-4-5-14(13(15)8-11)17-9-12(10-17)16-6-2-3-7-16/h4-5,8,12H,2-3,6-7,9-10H2,1H3. The first-order valence-corrected chi connectivity index (χ1v) is 6.49. The number of likely N-dealkylation sites (tertiary alicyclic amines) is 1. The fraction of sp³-hybridized carbons (Fsp3) is 0.571. The van der Waals surface area contributed by atoms with Crippen LogP contribution < -0.4 is 4.90 Å². The van der Waals surface area contributed by atoms with Gasteiger partial charge in [0, 0.05) is 19.1 Å². The van der Waals surface area contributed by atoms with Crippen molar-refractivity contribution < 1.29 is 4.39 Å². The van der Waals surface area contributed by atoms with Gasteiger partial charge in [-0.15, -0.1) is 0 Å². The maximum Gasteiger partial charge on any atom is 0.146 e. The Morgan fingerprint density at radius 3 is 2.53 bits per heavy atom. The van der Waals surface area contributed by atoms with E-state index in [2.05, 4.69) is 9.80 Å². The third-order valence-electron chi connectivity index (χ3n) is 3.96. The highest BCUT2D eigenvalue weighted by atomic mass is 19.1. The Bertz CT molecular complexity index is 407. The third kappa shape index (κ3) is 2.04. The summed E-state index contributed by atoms with van der Waals surface area (Å²) < 4.78 is 13.8. The van der Waals surface area contributed by atoms with E-state index in [1.165, 1.54) is 25.9 Å². The number of benzene rings is 1. The summed E-state index contributed by atoms with van der Waals surface area (Å²) >= 11 is 0. The van der Waals surface area contributed by atoms with Crippen LogP contribution in [0.15, 0.2) is 18.2 Å². The van der Waals surface area contributed by atoms with Crippen molar-refractivity contribution in [2.75, 3.05) is 31.1 Å². The molecule has 0 unspecified atom stereocenters. The van der Waals surface area contributed by atoms with E-state index < -0.39 is 0 Å². The summed E-state index contributed by atoms with van der Waals surface area (Å²) in [6, 6.07) is 6.17. The van der Waals surface area contributed by atoms with Gasteiger partial charge in [0.15, 0.2) is 0 Å². The predicted molar refractivity (Wildman–Crippen MR) is 67.9 cm³/mol. The summed E-state index contributed by atoms with van der Waals surface area (Å²) in [5.41, 5.74) is 1.76. The molecule has 0 aromatic heterocycles. The van der Waals surface area contributed by atoms with Gasteiger partial charge in [-0.05, 0) is 50.6 Å². The molecule has 0 radical (unpaired) electrons. The van der Waals surface area contributed by atoms with Crippen LogP contribution in [0.5, 0.6) is 0 Å². The second-order valence-electron chi connectivity index (χ2n) is 5.26. The predicted octanol–water partition coefficient (Wildman–Crippen LogP) is 2.42. The Kier molecular flexibility index (Phi) is 2.79. The van der Waals surface area contributed by atoms with Crippen molar-refractivity contribution in [1.82, 2.24) is 4.90 Å². The average Bonchev–Trinajstić information content (AvgIpc) is 2.72. The van der Waals surface area contributed by atoms with Gasteiger partial charge >= 0.3 is 0 Å². The van der Waals surface area contributed by atoms with Crippen LogP contribution in [-0.4, -0.2) is 37.1 Å². The van der Waals surface area contributed by atoms with Crippen LogP contribution in [0.1, 0.15) is 18.4 Å². The van der Waals surface area contributed by atoms with E-state index in [0.717, 1.165) is 24.3 Å². The summed E-state index contributed by atoms with van der Waals surface area (Å²) in [5.74, 6) is -0.0788. The number of halogens is 1. The molecule has 2 fully saturated rings. The summed E-state index contributed by atoms with van der Waals surface area (Å²) in [5, 5.41) is 0. The highest BCUT2D eigenvalue weighted by Gasteiger charge is 2.33. The molecule has 2 heterocycles. The molecule has 3 rings (SSSR count). The van der Waals surface area contributed by atoms with Crippen LogP contribution in [0, 0.1) is 12.7 Å². The molecule has 2 nitrogen and oxygen atoms in total. The van der Waals surface area contributed by atoms with E-state index in [0.29, 0.717) is 6.04 Å². The van der Waals surface area contributed by atoms with Crippen molar-refractivity contribution >= 4 is 5.69 Å². The largest absolute Gasteiger partial charge is 0.366 e. The normalized spacial score (nSPS) is 21.9. The van der Waals surface area contributed by atoms with Gasteiger partial charge in [0.25, 0.3) is 0 Å². The van der Waals surface area contributed by atoms with Crippen molar-refractivity contribution in [3.63, 3.8) is 0 Å². The van der Waals surface area contributed by atoms with Gasteiger partial charge in [0.05, 0.1) is 5.69 Å². The molecular weight excluding hydrogens is 215 g/mol. The average molecular weight is 234 g/mol. The first-order chi connectivity index (χ1) is 8.24. The van der Waals surface area contributed by atoms with Crippen molar-refractivity contribution in [3.8, 4) is 0 Å². The highest BCUT2D eigenvalue weighted by Crippen LogP contribution is 2.28. The second kappa shape index (κ2) is 4.30. The maximum atomic E-state index is 13.8. The molecule has 3 heteroatoms. The molecule has 0 atom stereocenters.